The summed E-state index contributed by atoms with van der Waals surface area (Å²) in [6.07, 6.45) is -4.19. The molecular weight excluding hydrogens is 217 g/mol. The van der Waals surface area contributed by atoms with Gasteiger partial charge in [-0.1, -0.05) is 11.3 Å². The molecule has 0 aliphatic rings. The zero-order valence-corrected chi connectivity index (χ0v) is 8.11. The minimum atomic E-state index is -4.34. The smallest absolute Gasteiger partial charge is 0.392 e. The van der Waals surface area contributed by atoms with E-state index in [1.54, 1.807) is 0 Å². The zero-order chi connectivity index (χ0) is 10.8. The number of hydrogen-bond acceptors (Lipinski definition) is 4. The quantitative estimate of drug-likeness (QED) is 0.828. The normalized spacial score (nSPS) is 14.1. The fraction of sp³-hybridized carbons (Fsp3) is 0.571. The SMILES string of the molecule is CC(O)CNc1ncc(C(F)(F)F)s1. The van der Waals surface area contributed by atoms with Crippen molar-refractivity contribution in [3.63, 3.8) is 0 Å². The Hall–Kier alpha value is -0.820. The van der Waals surface area contributed by atoms with Crippen LogP contribution in [0.2, 0.25) is 0 Å². The highest BCUT2D eigenvalue weighted by atomic mass is 32.1. The van der Waals surface area contributed by atoms with Crippen LogP contribution in [0.15, 0.2) is 6.20 Å². The summed E-state index contributed by atoms with van der Waals surface area (Å²) in [6.45, 7) is 1.72. The number of anilines is 1. The van der Waals surface area contributed by atoms with Gasteiger partial charge in [0.15, 0.2) is 5.13 Å². The van der Waals surface area contributed by atoms with Crippen molar-refractivity contribution in [2.75, 3.05) is 11.9 Å². The first kappa shape index (κ1) is 11.3. The van der Waals surface area contributed by atoms with Gasteiger partial charge in [0.2, 0.25) is 0 Å². The van der Waals surface area contributed by atoms with Crippen LogP contribution in [0.3, 0.4) is 0 Å². The summed E-state index contributed by atoms with van der Waals surface area (Å²) in [5, 5.41) is 11.6. The fourth-order valence-electron chi connectivity index (χ4n) is 0.722. The van der Waals surface area contributed by atoms with Crippen LogP contribution in [0.25, 0.3) is 0 Å². The average molecular weight is 226 g/mol. The van der Waals surface area contributed by atoms with Crippen molar-refractivity contribution < 1.29 is 18.3 Å². The van der Waals surface area contributed by atoms with Crippen LogP contribution < -0.4 is 5.32 Å². The number of rotatable bonds is 3. The standard InChI is InChI=1S/C7H9F3N2OS/c1-4(13)2-11-6-12-3-5(14-6)7(8,9)10/h3-4,13H,2H2,1H3,(H,11,12). The third-order valence-electron chi connectivity index (χ3n) is 1.33. The third kappa shape index (κ3) is 3.15. The number of aromatic nitrogens is 1. The molecule has 1 atom stereocenters. The molecule has 0 aliphatic heterocycles. The number of halogens is 3. The number of thiazole rings is 1. The van der Waals surface area contributed by atoms with Crippen LogP contribution >= 0.6 is 11.3 Å². The monoisotopic (exact) mass is 226 g/mol. The summed E-state index contributed by atoms with van der Waals surface area (Å²) in [4.78, 5) is 2.79. The Morgan fingerprint density at radius 3 is 2.71 bits per heavy atom. The summed E-state index contributed by atoms with van der Waals surface area (Å²) < 4.78 is 36.3. The van der Waals surface area contributed by atoms with Gasteiger partial charge in [0.05, 0.1) is 12.3 Å². The molecular formula is C7H9F3N2OS. The van der Waals surface area contributed by atoms with E-state index in [4.69, 9.17) is 5.11 Å². The van der Waals surface area contributed by atoms with Gasteiger partial charge in [-0.05, 0) is 6.92 Å². The molecule has 1 unspecified atom stereocenters. The molecule has 1 aromatic rings. The second-order valence-electron chi connectivity index (χ2n) is 2.76. The lowest BCUT2D eigenvalue weighted by Gasteiger charge is -2.04. The number of alkyl halides is 3. The van der Waals surface area contributed by atoms with Gasteiger partial charge < -0.3 is 10.4 Å². The molecule has 0 amide bonds. The molecule has 0 fully saturated rings. The maximum atomic E-state index is 12.1. The van der Waals surface area contributed by atoms with Crippen molar-refractivity contribution in [1.82, 2.24) is 4.98 Å². The van der Waals surface area contributed by atoms with Crippen LogP contribution in [-0.4, -0.2) is 22.7 Å². The van der Waals surface area contributed by atoms with Crippen LogP contribution in [0.4, 0.5) is 18.3 Å². The number of aliphatic hydroxyl groups excluding tert-OH is 1. The predicted octanol–water partition coefficient (Wildman–Crippen LogP) is 1.95. The molecule has 0 saturated heterocycles. The highest BCUT2D eigenvalue weighted by Gasteiger charge is 2.33. The van der Waals surface area contributed by atoms with E-state index in [0.29, 0.717) is 11.3 Å². The summed E-state index contributed by atoms with van der Waals surface area (Å²) in [7, 11) is 0. The molecule has 0 spiro atoms. The molecule has 3 nitrogen and oxygen atoms in total. The van der Waals surface area contributed by atoms with E-state index < -0.39 is 17.2 Å². The summed E-state index contributed by atoms with van der Waals surface area (Å²) >= 11 is 0.523. The molecule has 1 heterocycles. The van der Waals surface area contributed by atoms with Crippen molar-refractivity contribution in [3.05, 3.63) is 11.1 Å². The van der Waals surface area contributed by atoms with E-state index in [1.807, 2.05) is 0 Å². The molecule has 1 aromatic heterocycles. The molecule has 14 heavy (non-hydrogen) atoms. The van der Waals surface area contributed by atoms with E-state index in [0.717, 1.165) is 6.20 Å². The number of nitrogens with one attached hydrogen (secondary N) is 1. The van der Waals surface area contributed by atoms with E-state index in [1.165, 1.54) is 6.92 Å². The van der Waals surface area contributed by atoms with Crippen molar-refractivity contribution in [1.29, 1.82) is 0 Å². The topological polar surface area (TPSA) is 45.1 Å². The first-order chi connectivity index (χ1) is 6.39. The third-order valence-corrected chi connectivity index (χ3v) is 2.33. The summed E-state index contributed by atoms with van der Waals surface area (Å²) in [6, 6.07) is 0. The Morgan fingerprint density at radius 2 is 2.29 bits per heavy atom. The van der Waals surface area contributed by atoms with E-state index >= 15 is 0 Å². The van der Waals surface area contributed by atoms with Gasteiger partial charge in [0.1, 0.15) is 4.88 Å². The lowest BCUT2D eigenvalue weighted by atomic mass is 10.4. The van der Waals surface area contributed by atoms with Crippen LogP contribution in [0, 0.1) is 0 Å². The maximum absolute atomic E-state index is 12.1. The molecule has 80 valence electrons. The minimum absolute atomic E-state index is 0.165. The molecule has 1 rings (SSSR count). The first-order valence-corrected chi connectivity index (χ1v) is 4.66. The largest absolute Gasteiger partial charge is 0.427 e. The van der Waals surface area contributed by atoms with Crippen molar-refractivity contribution in [2.24, 2.45) is 0 Å². The fourth-order valence-corrected chi connectivity index (χ4v) is 1.41. The minimum Gasteiger partial charge on any atom is -0.392 e. The molecule has 0 radical (unpaired) electrons. The average Bonchev–Trinajstić information content (AvgIpc) is 2.47. The van der Waals surface area contributed by atoms with Gasteiger partial charge in [-0.2, -0.15) is 13.2 Å². The van der Waals surface area contributed by atoms with Gasteiger partial charge >= 0.3 is 6.18 Å². The van der Waals surface area contributed by atoms with Gasteiger partial charge in [-0.25, -0.2) is 4.98 Å². The van der Waals surface area contributed by atoms with Gasteiger partial charge in [-0.3, -0.25) is 0 Å². The summed E-state index contributed by atoms with van der Waals surface area (Å²) in [5.74, 6) is 0. The Bertz CT molecular complexity index is 297. The Kier molecular flexibility index (Phi) is 3.33. The molecule has 0 aliphatic carbocycles. The Balaban J connectivity index is 2.60. The number of nitrogens with zero attached hydrogens (tertiary/aromatic N) is 1. The lowest BCUT2D eigenvalue weighted by Crippen LogP contribution is -2.14. The summed E-state index contributed by atoms with van der Waals surface area (Å²) in [5.41, 5.74) is 0. The van der Waals surface area contributed by atoms with Crippen molar-refractivity contribution in [2.45, 2.75) is 19.2 Å². The second-order valence-corrected chi connectivity index (χ2v) is 3.79. The second kappa shape index (κ2) is 4.14. The Labute approximate surface area is 82.6 Å². The molecule has 0 saturated carbocycles. The van der Waals surface area contributed by atoms with Gasteiger partial charge in [0.25, 0.3) is 0 Å². The van der Waals surface area contributed by atoms with E-state index in [2.05, 4.69) is 10.3 Å². The van der Waals surface area contributed by atoms with Crippen LogP contribution in [0.1, 0.15) is 11.8 Å². The van der Waals surface area contributed by atoms with Crippen LogP contribution in [-0.2, 0) is 6.18 Å². The number of aliphatic hydroxyl groups is 1. The molecule has 2 N–H and O–H groups in total. The maximum Gasteiger partial charge on any atom is 0.427 e. The molecule has 0 bridgehead atoms. The van der Waals surface area contributed by atoms with Crippen molar-refractivity contribution >= 4 is 16.5 Å². The number of hydrogen-bond donors (Lipinski definition) is 2. The first-order valence-electron chi connectivity index (χ1n) is 3.84. The molecule has 7 heteroatoms. The Morgan fingerprint density at radius 1 is 1.64 bits per heavy atom. The van der Waals surface area contributed by atoms with E-state index in [9.17, 15) is 13.2 Å². The molecule has 0 aromatic carbocycles. The zero-order valence-electron chi connectivity index (χ0n) is 7.30. The van der Waals surface area contributed by atoms with Gasteiger partial charge in [-0.15, -0.1) is 0 Å². The lowest BCUT2D eigenvalue weighted by molar-refractivity contribution is -0.134. The predicted molar refractivity (Wildman–Crippen MR) is 47.3 cm³/mol. The highest BCUT2D eigenvalue weighted by Crippen LogP contribution is 2.34. The van der Waals surface area contributed by atoms with Gasteiger partial charge in [0, 0.05) is 6.54 Å². The van der Waals surface area contributed by atoms with E-state index in [-0.39, 0.29) is 11.7 Å². The van der Waals surface area contributed by atoms with Crippen LogP contribution in [0.5, 0.6) is 0 Å². The van der Waals surface area contributed by atoms with Crippen molar-refractivity contribution in [3.8, 4) is 0 Å². The highest BCUT2D eigenvalue weighted by molar-refractivity contribution is 7.15.